The van der Waals surface area contributed by atoms with Gasteiger partial charge in [0.1, 0.15) is 12.3 Å². The van der Waals surface area contributed by atoms with Gasteiger partial charge in [-0.25, -0.2) is 4.79 Å². The second-order valence-corrected chi connectivity index (χ2v) is 17.4. The summed E-state index contributed by atoms with van der Waals surface area (Å²) in [5, 5.41) is 0.0765. The lowest BCUT2D eigenvalue weighted by molar-refractivity contribution is -0.0557. The summed E-state index contributed by atoms with van der Waals surface area (Å²) in [7, 11) is -1.99. The van der Waals surface area contributed by atoms with E-state index in [0.29, 0.717) is 18.6 Å². The van der Waals surface area contributed by atoms with Crippen LogP contribution in [0.1, 0.15) is 39.0 Å². The molecule has 0 radical (unpaired) electrons. The Bertz CT molecular complexity index is 1100. The molecule has 0 unspecified atom stereocenters. The Labute approximate surface area is 203 Å². The van der Waals surface area contributed by atoms with E-state index in [1.165, 1.54) is 14.4 Å². The van der Waals surface area contributed by atoms with Crippen molar-refractivity contribution in [1.29, 1.82) is 0 Å². The lowest BCUT2D eigenvalue weighted by atomic mass is 10.2. The predicted octanol–water partition coefficient (Wildman–Crippen LogP) is 4.72. The molecule has 1 aromatic heterocycles. The molecule has 180 valence electrons. The summed E-state index contributed by atoms with van der Waals surface area (Å²) in [5.74, 6) is 0. The maximum Gasteiger partial charge on any atom is 0.330 e. The molecule has 0 aliphatic carbocycles. The summed E-state index contributed by atoms with van der Waals surface area (Å²) in [6, 6.07) is 8.27. The summed E-state index contributed by atoms with van der Waals surface area (Å²) in [6.45, 7) is 13.1. The van der Waals surface area contributed by atoms with E-state index < -0.39 is 20.2 Å². The monoisotopic (exact) mass is 508 g/mol. The van der Waals surface area contributed by atoms with Crippen LogP contribution in [0.25, 0.3) is 0 Å². The lowest BCUT2D eigenvalue weighted by Crippen LogP contribution is -2.44. The smallest absolute Gasteiger partial charge is 0.330 e. The van der Waals surface area contributed by atoms with Crippen LogP contribution in [0.4, 0.5) is 0 Å². The van der Waals surface area contributed by atoms with E-state index in [0.717, 1.165) is 0 Å². The van der Waals surface area contributed by atoms with Crippen LogP contribution in [0, 0.1) is 6.92 Å². The van der Waals surface area contributed by atoms with Crippen LogP contribution < -0.4 is 11.2 Å². The number of aryl methyl sites for hydroxylation is 1. The molecule has 3 atom stereocenters. The number of hydrogen-bond donors (Lipinski definition) is 1. The van der Waals surface area contributed by atoms with Gasteiger partial charge in [0.05, 0.1) is 12.7 Å². The fraction of sp³-hybridized carbons (Fsp3) is 0.565. The largest absolute Gasteiger partial charge is 0.414 e. The third-order valence-corrected chi connectivity index (χ3v) is 13.7. The predicted molar refractivity (Wildman–Crippen MR) is 135 cm³/mol. The number of hydrogen-bond acceptors (Lipinski definition) is 7. The number of nitrogens with zero attached hydrogens (tertiary/aromatic N) is 1. The number of rotatable bonds is 6. The minimum Gasteiger partial charge on any atom is -0.414 e. The van der Waals surface area contributed by atoms with Crippen molar-refractivity contribution in [2.75, 3.05) is 6.61 Å². The van der Waals surface area contributed by atoms with Crippen LogP contribution >= 0.6 is 23.5 Å². The first kappa shape index (κ1) is 24.8. The van der Waals surface area contributed by atoms with Gasteiger partial charge in [-0.2, -0.15) is 0 Å². The molecular formula is C23H32N2O5S2Si. The first-order valence-corrected chi connectivity index (χ1v) is 15.8. The number of H-pyrrole nitrogens is 1. The standard InChI is InChI=1S/C23H32N2O5S2Si/c1-14-12-25(21(27)24-20(14)26)19-11-15(16(29-19)13-28-33(5,6)23(2,3)4)30-22-31-17-9-7-8-10-18(17)32-22/h7-10,12,15-16,19,22H,11,13H2,1-6H3,(H,24,26,27)/t15-,16+,19+/m0/s1. The van der Waals surface area contributed by atoms with Gasteiger partial charge in [0.2, 0.25) is 0 Å². The van der Waals surface area contributed by atoms with E-state index in [9.17, 15) is 9.59 Å². The molecule has 2 aromatic rings. The molecule has 0 amide bonds. The zero-order valence-corrected chi connectivity index (χ0v) is 22.5. The summed E-state index contributed by atoms with van der Waals surface area (Å²) in [5.41, 5.74) is -0.386. The third-order valence-electron chi connectivity index (χ3n) is 6.63. The Morgan fingerprint density at radius 3 is 2.42 bits per heavy atom. The van der Waals surface area contributed by atoms with Crippen molar-refractivity contribution in [3.05, 3.63) is 56.9 Å². The highest BCUT2D eigenvalue weighted by molar-refractivity contribution is 8.19. The summed E-state index contributed by atoms with van der Waals surface area (Å²) in [4.78, 5) is 29.1. The van der Waals surface area contributed by atoms with Crippen LogP contribution in [-0.2, 0) is 13.9 Å². The molecule has 4 rings (SSSR count). The van der Waals surface area contributed by atoms with E-state index in [2.05, 4.69) is 51.0 Å². The fourth-order valence-electron chi connectivity index (χ4n) is 3.55. The second kappa shape index (κ2) is 9.39. The number of aromatic amines is 1. The molecule has 1 saturated heterocycles. The van der Waals surface area contributed by atoms with Crippen molar-refractivity contribution < 1.29 is 13.9 Å². The third kappa shape index (κ3) is 5.36. The zero-order chi connectivity index (χ0) is 24.0. The lowest BCUT2D eigenvalue weighted by Gasteiger charge is -2.37. The van der Waals surface area contributed by atoms with Crippen molar-refractivity contribution in [3.8, 4) is 0 Å². The van der Waals surface area contributed by atoms with E-state index in [4.69, 9.17) is 13.9 Å². The van der Waals surface area contributed by atoms with Gasteiger partial charge >= 0.3 is 5.69 Å². The van der Waals surface area contributed by atoms with Gasteiger partial charge in [0.25, 0.3) is 5.56 Å². The molecule has 7 nitrogen and oxygen atoms in total. The Kier molecular flexibility index (Phi) is 7.06. The van der Waals surface area contributed by atoms with Gasteiger partial charge in [0, 0.05) is 28.0 Å². The minimum atomic E-state index is -1.99. The molecule has 1 N–H and O–H groups in total. The number of nitrogens with one attached hydrogen (secondary N) is 1. The quantitative estimate of drug-likeness (QED) is 0.565. The average Bonchev–Trinajstić information content (AvgIpc) is 3.32. The molecule has 0 spiro atoms. The van der Waals surface area contributed by atoms with Crippen molar-refractivity contribution in [2.45, 2.75) is 85.2 Å². The molecule has 2 aliphatic heterocycles. The Balaban J connectivity index is 1.53. The first-order valence-electron chi connectivity index (χ1n) is 11.1. The van der Waals surface area contributed by atoms with Crippen molar-refractivity contribution >= 4 is 31.8 Å². The molecule has 0 bridgehead atoms. The average molecular weight is 509 g/mol. The zero-order valence-electron chi connectivity index (χ0n) is 19.9. The van der Waals surface area contributed by atoms with E-state index >= 15 is 0 Å². The van der Waals surface area contributed by atoms with Crippen LogP contribution in [0.15, 0.2) is 49.8 Å². The van der Waals surface area contributed by atoms with Crippen LogP contribution in [0.5, 0.6) is 0 Å². The minimum absolute atomic E-state index is 0.0765. The number of benzene rings is 1. The highest BCUT2D eigenvalue weighted by Gasteiger charge is 2.43. The summed E-state index contributed by atoms with van der Waals surface area (Å²) < 4.78 is 20.7. The number of ether oxygens (including phenoxy) is 2. The maximum absolute atomic E-state index is 12.5. The van der Waals surface area contributed by atoms with Gasteiger partial charge in [-0.1, -0.05) is 56.4 Å². The molecule has 2 aliphatic rings. The molecule has 33 heavy (non-hydrogen) atoms. The number of fused-ring (bicyclic) bond motifs is 1. The molecule has 1 aromatic carbocycles. The van der Waals surface area contributed by atoms with E-state index in [1.54, 1.807) is 36.6 Å². The summed E-state index contributed by atoms with van der Waals surface area (Å²) in [6.07, 6.45) is 0.996. The Hall–Kier alpha value is -1.30. The van der Waals surface area contributed by atoms with Crippen molar-refractivity contribution in [3.63, 3.8) is 0 Å². The number of thioether (sulfide) groups is 2. The van der Waals surface area contributed by atoms with Crippen LogP contribution in [0.2, 0.25) is 18.1 Å². The first-order chi connectivity index (χ1) is 15.4. The van der Waals surface area contributed by atoms with Gasteiger partial charge in [-0.3, -0.25) is 14.3 Å². The molecule has 10 heteroatoms. The SMILES string of the molecule is Cc1cn([C@H]2C[C@H](OC3Sc4ccccc4S3)[C@@H](CO[Si](C)(C)C(C)(C)C)O2)c(=O)[nH]c1=O. The highest BCUT2D eigenvalue weighted by Crippen LogP contribution is 2.49. The van der Waals surface area contributed by atoms with E-state index in [-0.39, 0.29) is 27.6 Å². The Morgan fingerprint density at radius 2 is 1.82 bits per heavy atom. The molecular weight excluding hydrogens is 476 g/mol. The van der Waals surface area contributed by atoms with Gasteiger partial charge in [0.15, 0.2) is 13.1 Å². The van der Waals surface area contributed by atoms with Crippen molar-refractivity contribution in [1.82, 2.24) is 9.55 Å². The Morgan fingerprint density at radius 1 is 1.18 bits per heavy atom. The van der Waals surface area contributed by atoms with Crippen molar-refractivity contribution in [2.24, 2.45) is 0 Å². The summed E-state index contributed by atoms with van der Waals surface area (Å²) >= 11 is 3.39. The molecule has 1 fully saturated rings. The topological polar surface area (TPSA) is 82.6 Å². The molecule has 3 heterocycles. The highest BCUT2D eigenvalue weighted by atomic mass is 32.2. The number of aromatic nitrogens is 2. The van der Waals surface area contributed by atoms with Gasteiger partial charge < -0.3 is 13.9 Å². The van der Waals surface area contributed by atoms with E-state index in [1.807, 2.05) is 12.1 Å². The van der Waals surface area contributed by atoms with Gasteiger partial charge in [-0.15, -0.1) is 0 Å². The van der Waals surface area contributed by atoms with Gasteiger partial charge in [-0.05, 0) is 37.2 Å². The fourth-order valence-corrected chi connectivity index (χ4v) is 7.16. The van der Waals surface area contributed by atoms with Crippen LogP contribution in [-0.4, -0.2) is 41.5 Å². The second-order valence-electron chi connectivity index (χ2n) is 10.1. The molecule has 0 saturated carbocycles. The van der Waals surface area contributed by atoms with Crippen LogP contribution in [0.3, 0.4) is 0 Å². The maximum atomic E-state index is 12.5. The normalized spacial score (nSPS) is 23.8.